The van der Waals surface area contributed by atoms with Crippen molar-refractivity contribution in [1.29, 1.82) is 0 Å². The zero-order valence-corrected chi connectivity index (χ0v) is 11.4. The smallest absolute Gasteiger partial charge is 0.247 e. The molecule has 18 heavy (non-hydrogen) atoms. The summed E-state index contributed by atoms with van der Waals surface area (Å²) in [5, 5.41) is 0. The number of carbonyl (C=O) groups is 1. The highest BCUT2D eigenvalue weighted by molar-refractivity contribution is 5.99. The summed E-state index contributed by atoms with van der Waals surface area (Å²) >= 11 is 0. The minimum Gasteiger partial charge on any atom is -0.403 e. The molecule has 1 saturated heterocycles. The van der Waals surface area contributed by atoms with Crippen LogP contribution < -0.4 is 11.5 Å². The summed E-state index contributed by atoms with van der Waals surface area (Å²) in [6.45, 7) is 6.88. The van der Waals surface area contributed by atoms with Crippen molar-refractivity contribution in [2.24, 2.45) is 16.5 Å². The summed E-state index contributed by atoms with van der Waals surface area (Å²) < 4.78 is 0. The topological polar surface area (TPSA) is 88.0 Å². The van der Waals surface area contributed by atoms with Crippen LogP contribution in [-0.2, 0) is 4.79 Å². The number of aliphatic imine (C=N–C) groups is 1. The fourth-order valence-electron chi connectivity index (χ4n) is 1.83. The Labute approximate surface area is 108 Å². The summed E-state index contributed by atoms with van der Waals surface area (Å²) in [6, 6.07) is -0.410. The molecule has 0 spiro atoms. The lowest BCUT2D eigenvalue weighted by Crippen LogP contribution is -2.49. The molecule has 1 heterocycles. The van der Waals surface area contributed by atoms with E-state index in [9.17, 15) is 4.79 Å². The minimum absolute atomic E-state index is 0.0484. The number of likely N-dealkylation sites (N-methyl/N-ethyl adjacent to an activating group) is 1. The van der Waals surface area contributed by atoms with E-state index in [4.69, 9.17) is 11.5 Å². The van der Waals surface area contributed by atoms with Crippen LogP contribution in [0.4, 0.5) is 0 Å². The van der Waals surface area contributed by atoms with Crippen molar-refractivity contribution in [2.75, 3.05) is 33.2 Å². The van der Waals surface area contributed by atoms with E-state index in [0.717, 1.165) is 26.2 Å². The van der Waals surface area contributed by atoms with Crippen LogP contribution in [0.25, 0.3) is 0 Å². The third-order valence-electron chi connectivity index (χ3n) is 3.16. The molecule has 6 heteroatoms. The number of hydrogen-bond donors (Lipinski definition) is 2. The van der Waals surface area contributed by atoms with Gasteiger partial charge in [-0.25, -0.2) is 0 Å². The van der Waals surface area contributed by atoms with E-state index in [0.29, 0.717) is 11.4 Å². The second-order valence-corrected chi connectivity index (χ2v) is 4.64. The number of allylic oxidation sites excluding steroid dienone is 1. The number of amides is 1. The lowest BCUT2D eigenvalue weighted by molar-refractivity contribution is -0.133. The quantitative estimate of drug-likeness (QED) is 0.655. The first-order valence-electron chi connectivity index (χ1n) is 6.15. The van der Waals surface area contributed by atoms with E-state index in [1.54, 1.807) is 13.8 Å². The Bertz CT molecular complexity index is 355. The van der Waals surface area contributed by atoms with E-state index in [1.807, 2.05) is 4.90 Å². The molecule has 0 aromatic carbocycles. The molecule has 1 amide bonds. The molecule has 6 nitrogen and oxygen atoms in total. The molecule has 0 radical (unpaired) electrons. The maximum atomic E-state index is 12.2. The summed E-state index contributed by atoms with van der Waals surface area (Å²) in [5.41, 5.74) is 12.0. The lowest BCUT2D eigenvalue weighted by atomic mass is 10.2. The van der Waals surface area contributed by atoms with E-state index < -0.39 is 6.04 Å². The van der Waals surface area contributed by atoms with Crippen LogP contribution in [0.3, 0.4) is 0 Å². The normalized spacial score (nSPS) is 20.9. The van der Waals surface area contributed by atoms with Gasteiger partial charge in [0.2, 0.25) is 5.91 Å². The molecular weight excluding hydrogens is 230 g/mol. The Morgan fingerprint density at radius 3 is 2.39 bits per heavy atom. The van der Waals surface area contributed by atoms with E-state index in [1.165, 1.54) is 6.20 Å². The molecule has 0 bridgehead atoms. The van der Waals surface area contributed by atoms with Gasteiger partial charge in [-0.1, -0.05) is 0 Å². The number of rotatable bonds is 3. The first-order valence-corrected chi connectivity index (χ1v) is 6.15. The summed E-state index contributed by atoms with van der Waals surface area (Å²) in [6.07, 6.45) is 1.30. The Kier molecular flexibility index (Phi) is 5.15. The second-order valence-electron chi connectivity index (χ2n) is 4.64. The summed E-state index contributed by atoms with van der Waals surface area (Å²) in [4.78, 5) is 20.5. The standard InChI is InChI=1S/C12H23N5O/c1-9(11(14)8-13)15-10(2)12(18)17-6-4-16(3)5-7-17/h8,10H,4-7,13-14H2,1-3H3. The van der Waals surface area contributed by atoms with Crippen molar-refractivity contribution in [3.8, 4) is 0 Å². The molecule has 1 fully saturated rings. The highest BCUT2D eigenvalue weighted by Gasteiger charge is 2.23. The van der Waals surface area contributed by atoms with Crippen LogP contribution in [0.1, 0.15) is 13.8 Å². The van der Waals surface area contributed by atoms with Gasteiger partial charge < -0.3 is 21.3 Å². The van der Waals surface area contributed by atoms with Gasteiger partial charge in [0.25, 0.3) is 0 Å². The molecule has 0 aromatic heterocycles. The minimum atomic E-state index is -0.410. The third kappa shape index (κ3) is 3.73. The van der Waals surface area contributed by atoms with E-state index in [-0.39, 0.29) is 5.91 Å². The van der Waals surface area contributed by atoms with Crippen LogP contribution in [0.2, 0.25) is 0 Å². The Morgan fingerprint density at radius 2 is 1.89 bits per heavy atom. The van der Waals surface area contributed by atoms with Gasteiger partial charge in [-0.15, -0.1) is 0 Å². The van der Waals surface area contributed by atoms with Gasteiger partial charge in [0.1, 0.15) is 6.04 Å². The molecule has 0 aromatic rings. The van der Waals surface area contributed by atoms with Gasteiger partial charge in [0, 0.05) is 32.4 Å². The van der Waals surface area contributed by atoms with Crippen molar-refractivity contribution >= 4 is 11.6 Å². The largest absolute Gasteiger partial charge is 0.403 e. The lowest BCUT2D eigenvalue weighted by Gasteiger charge is -2.33. The van der Waals surface area contributed by atoms with E-state index in [2.05, 4.69) is 16.9 Å². The SMILES string of the molecule is CC(=NC(C)C(=O)N1CCN(C)CC1)C(N)=CN. The summed E-state index contributed by atoms with van der Waals surface area (Å²) in [5.74, 6) is 0.0484. The molecule has 0 saturated carbocycles. The van der Waals surface area contributed by atoms with Crippen LogP contribution in [0, 0.1) is 0 Å². The van der Waals surface area contributed by atoms with Gasteiger partial charge in [-0.05, 0) is 20.9 Å². The molecule has 1 unspecified atom stereocenters. The highest BCUT2D eigenvalue weighted by atomic mass is 16.2. The molecular formula is C12H23N5O. The van der Waals surface area contributed by atoms with Gasteiger partial charge in [0.15, 0.2) is 0 Å². The first-order chi connectivity index (χ1) is 8.45. The average molecular weight is 253 g/mol. The Hall–Kier alpha value is -1.56. The number of nitrogens with zero attached hydrogens (tertiary/aromatic N) is 3. The molecule has 4 N–H and O–H groups in total. The molecule has 1 atom stereocenters. The van der Waals surface area contributed by atoms with Crippen molar-refractivity contribution in [2.45, 2.75) is 19.9 Å². The fraction of sp³-hybridized carbons (Fsp3) is 0.667. The average Bonchev–Trinajstić information content (AvgIpc) is 2.37. The zero-order chi connectivity index (χ0) is 13.7. The molecule has 0 aliphatic carbocycles. The van der Waals surface area contributed by atoms with Crippen LogP contribution in [0.5, 0.6) is 0 Å². The monoisotopic (exact) mass is 253 g/mol. The van der Waals surface area contributed by atoms with E-state index >= 15 is 0 Å². The number of carbonyl (C=O) groups excluding carboxylic acids is 1. The Morgan fingerprint density at radius 1 is 1.33 bits per heavy atom. The maximum Gasteiger partial charge on any atom is 0.247 e. The molecule has 102 valence electrons. The number of nitrogens with two attached hydrogens (primary N) is 2. The molecule has 1 aliphatic heterocycles. The van der Waals surface area contributed by atoms with Gasteiger partial charge in [0.05, 0.1) is 11.4 Å². The summed E-state index contributed by atoms with van der Waals surface area (Å²) in [7, 11) is 2.06. The van der Waals surface area contributed by atoms with Gasteiger partial charge in [-0.2, -0.15) is 0 Å². The van der Waals surface area contributed by atoms with Gasteiger partial charge in [-0.3, -0.25) is 9.79 Å². The molecule has 1 rings (SSSR count). The maximum absolute atomic E-state index is 12.2. The Balaban J connectivity index is 2.61. The van der Waals surface area contributed by atoms with Crippen LogP contribution in [-0.4, -0.2) is 60.7 Å². The first kappa shape index (κ1) is 14.5. The van der Waals surface area contributed by atoms with Crippen molar-refractivity contribution in [3.05, 3.63) is 11.9 Å². The fourth-order valence-corrected chi connectivity index (χ4v) is 1.83. The second kappa shape index (κ2) is 6.39. The third-order valence-corrected chi connectivity index (χ3v) is 3.16. The van der Waals surface area contributed by atoms with Crippen molar-refractivity contribution in [1.82, 2.24) is 9.80 Å². The van der Waals surface area contributed by atoms with Crippen molar-refractivity contribution < 1.29 is 4.79 Å². The predicted octanol–water partition coefficient (Wildman–Crippen LogP) is -0.631. The van der Waals surface area contributed by atoms with Crippen molar-refractivity contribution in [3.63, 3.8) is 0 Å². The number of hydrogen-bond acceptors (Lipinski definition) is 5. The van der Waals surface area contributed by atoms with Crippen LogP contribution in [0.15, 0.2) is 16.9 Å². The molecule has 1 aliphatic rings. The zero-order valence-electron chi connectivity index (χ0n) is 11.4. The highest BCUT2D eigenvalue weighted by Crippen LogP contribution is 2.05. The van der Waals surface area contributed by atoms with Gasteiger partial charge >= 0.3 is 0 Å². The number of piperazine rings is 1. The predicted molar refractivity (Wildman–Crippen MR) is 73.1 cm³/mol. The van der Waals surface area contributed by atoms with Crippen LogP contribution >= 0.6 is 0 Å².